The van der Waals surface area contributed by atoms with Crippen molar-refractivity contribution in [3.8, 4) is 17.0 Å². The fourth-order valence-electron chi connectivity index (χ4n) is 1.49. The number of aromatic nitrogens is 2. The Balaban J connectivity index is 2.32. The van der Waals surface area contributed by atoms with Gasteiger partial charge < -0.3 is 10.5 Å². The van der Waals surface area contributed by atoms with Crippen molar-refractivity contribution in [2.45, 2.75) is 13.3 Å². The van der Waals surface area contributed by atoms with Gasteiger partial charge in [-0.3, -0.25) is 5.10 Å². The van der Waals surface area contributed by atoms with E-state index in [9.17, 15) is 0 Å². The van der Waals surface area contributed by atoms with Crippen LogP contribution in [0.15, 0.2) is 30.3 Å². The number of nitrogens with one attached hydrogen (secondary N) is 1. The third-order valence-electron chi connectivity index (χ3n) is 2.22. The van der Waals surface area contributed by atoms with Crippen molar-refractivity contribution in [3.63, 3.8) is 0 Å². The molecule has 1 heterocycles. The number of para-hydroxylation sites is 1. The summed E-state index contributed by atoms with van der Waals surface area (Å²) in [5.41, 5.74) is 7.38. The maximum Gasteiger partial charge on any atom is 0.128 e. The van der Waals surface area contributed by atoms with Crippen LogP contribution < -0.4 is 10.5 Å². The number of hydrogen-bond donors (Lipinski definition) is 2. The van der Waals surface area contributed by atoms with Crippen molar-refractivity contribution < 1.29 is 4.74 Å². The summed E-state index contributed by atoms with van der Waals surface area (Å²) in [4.78, 5) is 0. The Bertz CT molecular complexity index is 465. The fourth-order valence-corrected chi connectivity index (χ4v) is 1.49. The highest BCUT2D eigenvalue weighted by atomic mass is 16.5. The molecule has 0 amide bonds. The second kappa shape index (κ2) is 4.70. The molecule has 0 fully saturated rings. The quantitative estimate of drug-likeness (QED) is 0.826. The van der Waals surface area contributed by atoms with Gasteiger partial charge in [0.1, 0.15) is 11.6 Å². The van der Waals surface area contributed by atoms with Gasteiger partial charge in [0.15, 0.2) is 0 Å². The first-order valence-corrected chi connectivity index (χ1v) is 5.34. The zero-order chi connectivity index (χ0) is 11.4. The first kappa shape index (κ1) is 10.5. The highest BCUT2D eigenvalue weighted by Gasteiger charge is 2.08. The number of H-pyrrole nitrogens is 1. The molecule has 0 atom stereocenters. The number of rotatable bonds is 4. The number of anilines is 1. The predicted molar refractivity (Wildman–Crippen MR) is 64.2 cm³/mol. The van der Waals surface area contributed by atoms with Gasteiger partial charge in [-0.25, -0.2) is 0 Å². The topological polar surface area (TPSA) is 63.9 Å². The minimum Gasteiger partial charge on any atom is -0.493 e. The molecule has 0 radical (unpaired) electrons. The zero-order valence-corrected chi connectivity index (χ0v) is 9.23. The lowest BCUT2D eigenvalue weighted by atomic mass is 10.1. The molecule has 1 aromatic heterocycles. The van der Waals surface area contributed by atoms with Crippen molar-refractivity contribution in [1.82, 2.24) is 10.2 Å². The number of ether oxygens (including phenoxy) is 1. The third kappa shape index (κ3) is 2.16. The zero-order valence-electron chi connectivity index (χ0n) is 9.23. The Labute approximate surface area is 94.4 Å². The van der Waals surface area contributed by atoms with Crippen LogP contribution in [0.1, 0.15) is 13.3 Å². The molecule has 2 rings (SSSR count). The molecule has 0 aliphatic carbocycles. The summed E-state index contributed by atoms with van der Waals surface area (Å²) in [5, 5.41) is 6.85. The SMILES string of the molecule is CCCOc1ccccc1-c1cc(N)[nH]n1. The predicted octanol–water partition coefficient (Wildman–Crippen LogP) is 2.45. The van der Waals surface area contributed by atoms with Gasteiger partial charge >= 0.3 is 0 Å². The highest BCUT2D eigenvalue weighted by Crippen LogP contribution is 2.29. The van der Waals surface area contributed by atoms with Crippen LogP contribution in [0.5, 0.6) is 5.75 Å². The number of hydrogen-bond acceptors (Lipinski definition) is 3. The molecule has 0 aliphatic rings. The van der Waals surface area contributed by atoms with Crippen molar-refractivity contribution in [2.24, 2.45) is 0 Å². The molecule has 0 saturated heterocycles. The van der Waals surface area contributed by atoms with Crippen molar-refractivity contribution in [3.05, 3.63) is 30.3 Å². The van der Waals surface area contributed by atoms with Crippen molar-refractivity contribution in [1.29, 1.82) is 0 Å². The van der Waals surface area contributed by atoms with Gasteiger partial charge in [-0.15, -0.1) is 0 Å². The maximum atomic E-state index is 5.66. The minimum atomic E-state index is 0.556. The minimum absolute atomic E-state index is 0.556. The van der Waals surface area contributed by atoms with E-state index in [1.165, 1.54) is 0 Å². The lowest BCUT2D eigenvalue weighted by Crippen LogP contribution is -1.96. The van der Waals surface area contributed by atoms with Gasteiger partial charge in [-0.2, -0.15) is 5.10 Å². The Hall–Kier alpha value is -1.97. The number of nitrogens with zero attached hydrogens (tertiary/aromatic N) is 1. The molecule has 0 saturated carbocycles. The monoisotopic (exact) mass is 217 g/mol. The fraction of sp³-hybridized carbons (Fsp3) is 0.250. The Kier molecular flexibility index (Phi) is 3.10. The van der Waals surface area contributed by atoms with Gasteiger partial charge in [-0.05, 0) is 18.6 Å². The summed E-state index contributed by atoms with van der Waals surface area (Å²) in [5.74, 6) is 1.40. The van der Waals surface area contributed by atoms with Crippen molar-refractivity contribution >= 4 is 5.82 Å². The van der Waals surface area contributed by atoms with Crippen molar-refractivity contribution in [2.75, 3.05) is 12.3 Å². The first-order chi connectivity index (χ1) is 7.81. The summed E-state index contributed by atoms with van der Waals surface area (Å²) < 4.78 is 5.66. The summed E-state index contributed by atoms with van der Waals surface area (Å²) in [6.07, 6.45) is 0.983. The van der Waals surface area contributed by atoms with Crippen LogP contribution in [0.4, 0.5) is 5.82 Å². The van der Waals surface area contributed by atoms with Gasteiger partial charge in [0, 0.05) is 11.6 Å². The van der Waals surface area contributed by atoms with E-state index in [1.807, 2.05) is 24.3 Å². The van der Waals surface area contributed by atoms with Crippen LogP contribution in [0, 0.1) is 0 Å². The molecule has 0 spiro atoms. The standard InChI is InChI=1S/C12H15N3O/c1-2-7-16-11-6-4-3-5-9(11)10-8-12(13)15-14-10/h3-6,8H,2,7H2,1H3,(H3,13,14,15). The number of aromatic amines is 1. The average molecular weight is 217 g/mol. The first-order valence-electron chi connectivity index (χ1n) is 5.34. The van der Waals surface area contributed by atoms with Crippen LogP contribution in [-0.2, 0) is 0 Å². The number of nitrogen functional groups attached to an aromatic ring is 1. The molecule has 4 nitrogen and oxygen atoms in total. The second-order valence-electron chi connectivity index (χ2n) is 3.55. The van der Waals surface area contributed by atoms with Gasteiger partial charge in [0.05, 0.1) is 12.3 Å². The summed E-state index contributed by atoms with van der Waals surface area (Å²) in [7, 11) is 0. The van der Waals surface area contributed by atoms with Gasteiger partial charge in [0.2, 0.25) is 0 Å². The molecular weight excluding hydrogens is 202 g/mol. The van der Waals surface area contributed by atoms with E-state index in [-0.39, 0.29) is 0 Å². The molecule has 4 heteroatoms. The highest BCUT2D eigenvalue weighted by molar-refractivity contribution is 5.68. The molecule has 3 N–H and O–H groups in total. The summed E-state index contributed by atoms with van der Waals surface area (Å²) in [6, 6.07) is 9.62. The molecular formula is C12H15N3O. The van der Waals surface area contributed by atoms with Crippen LogP contribution in [0.25, 0.3) is 11.3 Å². The van der Waals surface area contributed by atoms with Crippen LogP contribution >= 0.6 is 0 Å². The average Bonchev–Trinajstić information content (AvgIpc) is 2.73. The summed E-state index contributed by atoms with van der Waals surface area (Å²) >= 11 is 0. The van der Waals surface area contributed by atoms with E-state index in [0.717, 1.165) is 23.4 Å². The second-order valence-corrected chi connectivity index (χ2v) is 3.55. The van der Waals surface area contributed by atoms with E-state index in [4.69, 9.17) is 10.5 Å². The van der Waals surface area contributed by atoms with Crippen LogP contribution in [0.3, 0.4) is 0 Å². The normalized spacial score (nSPS) is 10.3. The Morgan fingerprint density at radius 3 is 2.88 bits per heavy atom. The van der Waals surface area contributed by atoms with E-state index in [1.54, 1.807) is 6.07 Å². The lowest BCUT2D eigenvalue weighted by Gasteiger charge is -2.08. The Morgan fingerprint density at radius 1 is 1.38 bits per heavy atom. The van der Waals surface area contributed by atoms with E-state index < -0.39 is 0 Å². The van der Waals surface area contributed by atoms with E-state index >= 15 is 0 Å². The third-order valence-corrected chi connectivity index (χ3v) is 2.22. The number of nitrogens with two attached hydrogens (primary N) is 1. The van der Waals surface area contributed by atoms with E-state index in [0.29, 0.717) is 12.4 Å². The molecule has 0 bridgehead atoms. The molecule has 2 aromatic rings. The molecule has 0 unspecified atom stereocenters. The molecule has 16 heavy (non-hydrogen) atoms. The number of benzene rings is 1. The van der Waals surface area contributed by atoms with Gasteiger partial charge in [-0.1, -0.05) is 19.1 Å². The summed E-state index contributed by atoms with van der Waals surface area (Å²) in [6.45, 7) is 2.78. The van der Waals surface area contributed by atoms with Crippen LogP contribution in [0.2, 0.25) is 0 Å². The molecule has 1 aromatic carbocycles. The van der Waals surface area contributed by atoms with E-state index in [2.05, 4.69) is 17.1 Å². The maximum absolute atomic E-state index is 5.66. The molecule has 0 aliphatic heterocycles. The van der Waals surface area contributed by atoms with Gasteiger partial charge in [0.25, 0.3) is 0 Å². The lowest BCUT2D eigenvalue weighted by molar-refractivity contribution is 0.318. The smallest absolute Gasteiger partial charge is 0.128 e. The molecule has 84 valence electrons. The Morgan fingerprint density at radius 2 is 2.19 bits per heavy atom. The largest absolute Gasteiger partial charge is 0.493 e. The van der Waals surface area contributed by atoms with Crippen LogP contribution in [-0.4, -0.2) is 16.8 Å².